The highest BCUT2D eigenvalue weighted by Crippen LogP contribution is 2.29. The zero-order valence-electron chi connectivity index (χ0n) is 10.7. The highest BCUT2D eigenvalue weighted by atomic mass is 15.1. The number of aromatic nitrogens is 1. The number of hydrogen-bond acceptors (Lipinski definition) is 3. The summed E-state index contributed by atoms with van der Waals surface area (Å²) < 4.78 is 0. The number of rotatable bonds is 1. The van der Waals surface area contributed by atoms with Crippen molar-refractivity contribution >= 4 is 16.5 Å². The van der Waals surface area contributed by atoms with Gasteiger partial charge in [0.05, 0.1) is 6.07 Å². The topological polar surface area (TPSA) is 39.9 Å². The smallest absolute Gasteiger partial charge is 0.0911 e. The molecule has 1 fully saturated rings. The van der Waals surface area contributed by atoms with E-state index in [1.807, 2.05) is 12.4 Å². The van der Waals surface area contributed by atoms with Crippen LogP contribution >= 0.6 is 0 Å². The van der Waals surface area contributed by atoms with E-state index in [9.17, 15) is 0 Å². The van der Waals surface area contributed by atoms with E-state index in [2.05, 4.69) is 40.2 Å². The molecule has 2 aromatic rings. The van der Waals surface area contributed by atoms with Gasteiger partial charge < -0.3 is 4.90 Å². The third-order valence-corrected chi connectivity index (χ3v) is 3.67. The van der Waals surface area contributed by atoms with Gasteiger partial charge >= 0.3 is 0 Å². The van der Waals surface area contributed by atoms with Gasteiger partial charge in [0.15, 0.2) is 0 Å². The van der Waals surface area contributed by atoms with Gasteiger partial charge in [0, 0.05) is 48.0 Å². The van der Waals surface area contributed by atoms with Gasteiger partial charge in [-0.05, 0) is 25.0 Å². The maximum atomic E-state index is 8.70. The molecule has 94 valence electrons. The van der Waals surface area contributed by atoms with Crippen LogP contribution in [-0.4, -0.2) is 18.1 Å². The fourth-order valence-corrected chi connectivity index (χ4v) is 2.65. The molecule has 0 amide bonds. The molecule has 19 heavy (non-hydrogen) atoms. The maximum absolute atomic E-state index is 8.70. The minimum absolute atomic E-state index is 0.981. The van der Waals surface area contributed by atoms with Crippen molar-refractivity contribution in [3.8, 4) is 6.07 Å². The van der Waals surface area contributed by atoms with E-state index in [1.54, 1.807) is 6.08 Å². The minimum Gasteiger partial charge on any atom is -0.370 e. The lowest BCUT2D eigenvalue weighted by molar-refractivity contribution is 0.687. The molecule has 0 aliphatic carbocycles. The van der Waals surface area contributed by atoms with E-state index in [0.717, 1.165) is 25.9 Å². The van der Waals surface area contributed by atoms with Crippen LogP contribution in [0.2, 0.25) is 0 Å². The van der Waals surface area contributed by atoms with Crippen LogP contribution in [0.15, 0.2) is 48.3 Å². The van der Waals surface area contributed by atoms with Gasteiger partial charge in [-0.1, -0.05) is 17.7 Å². The van der Waals surface area contributed by atoms with Gasteiger partial charge in [0.2, 0.25) is 0 Å². The van der Waals surface area contributed by atoms with Crippen LogP contribution < -0.4 is 4.90 Å². The molecule has 0 saturated carbocycles. The van der Waals surface area contributed by atoms with Crippen LogP contribution in [0, 0.1) is 11.3 Å². The fraction of sp³-hybridized carbons (Fsp3) is 0.250. The SMILES string of the molecule is N#CC=C1CCN(c2cccc3cnccc23)CC1. The Bertz CT molecular complexity index is 652. The number of benzene rings is 1. The Labute approximate surface area is 112 Å². The number of piperidine rings is 1. The lowest BCUT2D eigenvalue weighted by atomic mass is 10.0. The van der Waals surface area contributed by atoms with Crippen molar-refractivity contribution in [2.45, 2.75) is 12.8 Å². The number of allylic oxidation sites excluding steroid dienone is 1. The molecule has 1 aliphatic heterocycles. The molecule has 1 aromatic carbocycles. The summed E-state index contributed by atoms with van der Waals surface area (Å²) in [5.74, 6) is 0. The summed E-state index contributed by atoms with van der Waals surface area (Å²) in [5.41, 5.74) is 2.54. The first-order valence-corrected chi connectivity index (χ1v) is 6.54. The van der Waals surface area contributed by atoms with E-state index in [4.69, 9.17) is 5.26 Å². The predicted octanol–water partition coefficient (Wildman–Crippen LogP) is 3.28. The van der Waals surface area contributed by atoms with Crippen LogP contribution in [0.5, 0.6) is 0 Å². The van der Waals surface area contributed by atoms with Crippen LogP contribution in [-0.2, 0) is 0 Å². The van der Waals surface area contributed by atoms with Crippen molar-refractivity contribution in [1.29, 1.82) is 5.26 Å². The molecule has 2 heterocycles. The quantitative estimate of drug-likeness (QED) is 0.728. The molecule has 3 heteroatoms. The molecule has 1 saturated heterocycles. The highest BCUT2D eigenvalue weighted by molar-refractivity contribution is 5.93. The zero-order valence-corrected chi connectivity index (χ0v) is 10.7. The number of nitriles is 1. The van der Waals surface area contributed by atoms with Gasteiger partial charge in [-0.15, -0.1) is 0 Å². The van der Waals surface area contributed by atoms with Crippen LogP contribution in [0.25, 0.3) is 10.8 Å². The summed E-state index contributed by atoms with van der Waals surface area (Å²) in [6.07, 6.45) is 7.41. The second-order valence-electron chi connectivity index (χ2n) is 4.79. The fourth-order valence-electron chi connectivity index (χ4n) is 2.65. The summed E-state index contributed by atoms with van der Waals surface area (Å²) in [4.78, 5) is 6.57. The van der Waals surface area contributed by atoms with Crippen LogP contribution in [0.4, 0.5) is 5.69 Å². The largest absolute Gasteiger partial charge is 0.370 e. The Morgan fingerprint density at radius 3 is 2.84 bits per heavy atom. The summed E-state index contributed by atoms with van der Waals surface area (Å²) in [6.45, 7) is 1.96. The van der Waals surface area contributed by atoms with Crippen molar-refractivity contribution < 1.29 is 0 Å². The van der Waals surface area contributed by atoms with Crippen LogP contribution in [0.1, 0.15) is 12.8 Å². The molecule has 0 atom stereocenters. The Morgan fingerprint density at radius 2 is 2.05 bits per heavy atom. The molecule has 0 spiro atoms. The summed E-state index contributed by atoms with van der Waals surface area (Å²) >= 11 is 0. The van der Waals surface area contributed by atoms with Crippen molar-refractivity contribution in [3.63, 3.8) is 0 Å². The molecule has 0 radical (unpaired) electrons. The van der Waals surface area contributed by atoms with Crippen molar-refractivity contribution in [2.75, 3.05) is 18.0 Å². The summed E-state index contributed by atoms with van der Waals surface area (Å²) in [5, 5.41) is 11.1. The molecule has 3 rings (SSSR count). The molecular formula is C16H15N3. The minimum atomic E-state index is 0.981. The Balaban J connectivity index is 1.90. The van der Waals surface area contributed by atoms with Crippen molar-refractivity contribution in [2.24, 2.45) is 0 Å². The van der Waals surface area contributed by atoms with Gasteiger partial charge in [-0.3, -0.25) is 4.98 Å². The summed E-state index contributed by atoms with van der Waals surface area (Å²) in [6, 6.07) is 10.6. The Hall–Kier alpha value is -2.34. The first kappa shape index (κ1) is 11.7. The van der Waals surface area contributed by atoms with E-state index in [1.165, 1.54) is 22.0 Å². The Morgan fingerprint density at radius 1 is 1.21 bits per heavy atom. The molecule has 1 aromatic heterocycles. The molecule has 3 nitrogen and oxygen atoms in total. The standard InChI is InChI=1S/C16H15N3/c17-8-4-13-6-10-19(11-7-13)16-3-1-2-14-12-18-9-5-15(14)16/h1-5,9,12H,6-7,10-11H2. The molecule has 0 bridgehead atoms. The number of fused-ring (bicyclic) bond motifs is 1. The number of hydrogen-bond donors (Lipinski definition) is 0. The second-order valence-corrected chi connectivity index (χ2v) is 4.79. The van der Waals surface area contributed by atoms with E-state index < -0.39 is 0 Å². The van der Waals surface area contributed by atoms with E-state index in [-0.39, 0.29) is 0 Å². The Kier molecular flexibility index (Phi) is 3.16. The average Bonchev–Trinajstić information content (AvgIpc) is 2.48. The second kappa shape index (κ2) is 5.11. The van der Waals surface area contributed by atoms with Gasteiger partial charge in [-0.2, -0.15) is 5.26 Å². The number of pyridine rings is 1. The van der Waals surface area contributed by atoms with Crippen molar-refractivity contribution in [3.05, 3.63) is 48.3 Å². The highest BCUT2D eigenvalue weighted by Gasteiger charge is 2.15. The maximum Gasteiger partial charge on any atom is 0.0911 e. The summed E-state index contributed by atoms with van der Waals surface area (Å²) in [7, 11) is 0. The van der Waals surface area contributed by atoms with Gasteiger partial charge in [-0.25, -0.2) is 0 Å². The number of nitrogens with zero attached hydrogens (tertiary/aromatic N) is 3. The molecular weight excluding hydrogens is 234 g/mol. The predicted molar refractivity (Wildman–Crippen MR) is 76.9 cm³/mol. The molecule has 0 N–H and O–H groups in total. The van der Waals surface area contributed by atoms with Crippen molar-refractivity contribution in [1.82, 2.24) is 4.98 Å². The average molecular weight is 249 g/mol. The molecule has 1 aliphatic rings. The number of anilines is 1. The van der Waals surface area contributed by atoms with Gasteiger partial charge in [0.1, 0.15) is 0 Å². The van der Waals surface area contributed by atoms with Crippen LogP contribution in [0.3, 0.4) is 0 Å². The first-order valence-electron chi connectivity index (χ1n) is 6.54. The first-order chi connectivity index (χ1) is 9.38. The zero-order chi connectivity index (χ0) is 13.1. The lowest BCUT2D eigenvalue weighted by Crippen LogP contribution is -2.30. The molecule has 0 unspecified atom stereocenters. The van der Waals surface area contributed by atoms with E-state index in [0.29, 0.717) is 0 Å². The van der Waals surface area contributed by atoms with Gasteiger partial charge in [0.25, 0.3) is 0 Å². The monoisotopic (exact) mass is 249 g/mol. The van der Waals surface area contributed by atoms with E-state index >= 15 is 0 Å². The normalized spacial score (nSPS) is 15.3. The lowest BCUT2D eigenvalue weighted by Gasteiger charge is -2.31. The third kappa shape index (κ3) is 2.30. The third-order valence-electron chi connectivity index (χ3n) is 3.67.